The van der Waals surface area contributed by atoms with E-state index in [2.05, 4.69) is 15.5 Å². The van der Waals surface area contributed by atoms with E-state index in [4.69, 9.17) is 0 Å². The van der Waals surface area contributed by atoms with Crippen molar-refractivity contribution in [2.24, 2.45) is 0 Å². The van der Waals surface area contributed by atoms with Gasteiger partial charge in [0.2, 0.25) is 0 Å². The van der Waals surface area contributed by atoms with Crippen LogP contribution in [0.4, 0.5) is 13.2 Å². The Kier molecular flexibility index (Phi) is 5.13. The molecule has 0 bridgehead atoms. The molecule has 0 radical (unpaired) electrons. The van der Waals surface area contributed by atoms with E-state index < -0.39 is 11.9 Å². The molecule has 0 aliphatic heterocycles. The summed E-state index contributed by atoms with van der Waals surface area (Å²) in [7, 11) is 0. The van der Waals surface area contributed by atoms with Gasteiger partial charge in [0.05, 0.1) is 11.4 Å². The van der Waals surface area contributed by atoms with Crippen LogP contribution in [0.15, 0.2) is 12.3 Å². The van der Waals surface area contributed by atoms with Gasteiger partial charge in [-0.3, -0.25) is 9.36 Å². The van der Waals surface area contributed by atoms with Crippen LogP contribution in [-0.4, -0.2) is 19.6 Å². The van der Waals surface area contributed by atoms with E-state index in [1.165, 1.54) is 0 Å². The number of rotatable bonds is 6. The lowest BCUT2D eigenvalue weighted by atomic mass is 10.1. The number of aryl methyl sites for hydroxylation is 3. The summed E-state index contributed by atoms with van der Waals surface area (Å²) in [6.45, 7) is 8.78. The largest absolute Gasteiger partial charge is 0.433 e. The number of hydrogen-bond donors (Lipinski definition) is 1. The second kappa shape index (κ2) is 6.74. The second-order valence-corrected chi connectivity index (χ2v) is 5.46. The predicted octanol–water partition coefficient (Wildman–Crippen LogP) is 3.30. The lowest BCUT2D eigenvalue weighted by Crippen LogP contribution is -2.19. The average Bonchev–Trinajstić information content (AvgIpc) is 3.07. The summed E-state index contributed by atoms with van der Waals surface area (Å²) in [5, 5.41) is 11.6. The van der Waals surface area contributed by atoms with Gasteiger partial charge in [-0.25, -0.2) is 0 Å². The highest BCUT2D eigenvalue weighted by Crippen LogP contribution is 2.30. The van der Waals surface area contributed by atoms with Gasteiger partial charge in [0, 0.05) is 37.4 Å². The molecule has 2 aromatic rings. The van der Waals surface area contributed by atoms with Crippen LogP contribution in [0.1, 0.15) is 49.5 Å². The molecule has 2 heterocycles. The van der Waals surface area contributed by atoms with Crippen molar-refractivity contribution in [2.75, 3.05) is 0 Å². The summed E-state index contributed by atoms with van der Waals surface area (Å²) < 4.78 is 41.6. The van der Waals surface area contributed by atoms with E-state index in [0.29, 0.717) is 5.69 Å². The molecule has 0 aliphatic rings. The minimum atomic E-state index is -4.38. The van der Waals surface area contributed by atoms with E-state index in [9.17, 15) is 13.2 Å². The van der Waals surface area contributed by atoms with E-state index in [0.717, 1.165) is 28.6 Å². The van der Waals surface area contributed by atoms with Crippen LogP contribution in [0.5, 0.6) is 0 Å². The predicted molar refractivity (Wildman–Crippen MR) is 80.8 cm³/mol. The molecule has 5 nitrogen and oxygen atoms in total. The Morgan fingerprint density at radius 3 is 2.39 bits per heavy atom. The molecule has 2 rings (SSSR count). The molecular formula is C15H22F3N5. The third-order valence-corrected chi connectivity index (χ3v) is 3.78. The van der Waals surface area contributed by atoms with Gasteiger partial charge >= 0.3 is 6.18 Å². The van der Waals surface area contributed by atoms with Crippen LogP contribution in [0.2, 0.25) is 0 Å². The monoisotopic (exact) mass is 329 g/mol. The van der Waals surface area contributed by atoms with E-state index in [1.807, 2.05) is 31.6 Å². The highest BCUT2D eigenvalue weighted by Gasteiger charge is 2.35. The van der Waals surface area contributed by atoms with Gasteiger partial charge in [0.25, 0.3) is 0 Å². The number of nitrogens with zero attached hydrogens (tertiary/aromatic N) is 4. The number of hydrogen-bond acceptors (Lipinski definition) is 3. The van der Waals surface area contributed by atoms with Crippen LogP contribution in [0.3, 0.4) is 0 Å². The van der Waals surface area contributed by atoms with Gasteiger partial charge < -0.3 is 5.32 Å². The maximum Gasteiger partial charge on any atom is 0.433 e. The Hall–Kier alpha value is -1.83. The highest BCUT2D eigenvalue weighted by atomic mass is 19.4. The number of halogens is 3. The Balaban J connectivity index is 2.08. The first-order valence-electron chi connectivity index (χ1n) is 7.67. The maximum atomic E-state index is 12.9. The SMILES string of the molecule is CCn1cc(C(C)NCc2cc(C(F)(F)F)n(CC)n2)c(C)n1. The number of nitrogens with one attached hydrogen (secondary N) is 1. The highest BCUT2D eigenvalue weighted by molar-refractivity contribution is 5.20. The van der Waals surface area contributed by atoms with Gasteiger partial charge in [-0.15, -0.1) is 0 Å². The van der Waals surface area contributed by atoms with Crippen molar-refractivity contribution in [3.05, 3.63) is 34.9 Å². The molecule has 23 heavy (non-hydrogen) atoms. The molecule has 1 N–H and O–H groups in total. The van der Waals surface area contributed by atoms with Gasteiger partial charge in [-0.2, -0.15) is 23.4 Å². The van der Waals surface area contributed by atoms with Crippen molar-refractivity contribution in [3.63, 3.8) is 0 Å². The first-order chi connectivity index (χ1) is 10.8. The van der Waals surface area contributed by atoms with Crippen LogP contribution < -0.4 is 5.32 Å². The molecule has 0 spiro atoms. The van der Waals surface area contributed by atoms with Crippen molar-refractivity contribution in [1.82, 2.24) is 24.9 Å². The minimum absolute atomic E-state index is 0.0172. The number of aromatic nitrogens is 4. The smallest absolute Gasteiger partial charge is 0.304 e. The molecule has 0 fully saturated rings. The summed E-state index contributed by atoms with van der Waals surface area (Å²) in [4.78, 5) is 0. The fraction of sp³-hybridized carbons (Fsp3) is 0.600. The fourth-order valence-corrected chi connectivity index (χ4v) is 2.51. The third-order valence-electron chi connectivity index (χ3n) is 3.78. The molecule has 1 atom stereocenters. The van der Waals surface area contributed by atoms with Crippen molar-refractivity contribution in [2.45, 2.75) is 59.5 Å². The lowest BCUT2D eigenvalue weighted by Gasteiger charge is -2.11. The fourth-order valence-electron chi connectivity index (χ4n) is 2.51. The van der Waals surface area contributed by atoms with Crippen LogP contribution in [0.25, 0.3) is 0 Å². The maximum absolute atomic E-state index is 12.9. The van der Waals surface area contributed by atoms with Crippen molar-refractivity contribution in [3.8, 4) is 0 Å². The average molecular weight is 329 g/mol. The van der Waals surface area contributed by atoms with Gasteiger partial charge in [-0.05, 0) is 33.8 Å². The normalized spacial score (nSPS) is 13.5. The third kappa shape index (κ3) is 3.93. The molecule has 2 aromatic heterocycles. The molecule has 0 amide bonds. The Bertz CT molecular complexity index is 657. The van der Waals surface area contributed by atoms with Gasteiger partial charge in [-0.1, -0.05) is 0 Å². The molecule has 1 unspecified atom stereocenters. The summed E-state index contributed by atoms with van der Waals surface area (Å²) in [5.41, 5.74) is 1.63. The van der Waals surface area contributed by atoms with E-state index in [-0.39, 0.29) is 19.1 Å². The summed E-state index contributed by atoms with van der Waals surface area (Å²) in [6.07, 6.45) is -2.43. The molecule has 8 heteroatoms. The first-order valence-corrected chi connectivity index (χ1v) is 7.67. The topological polar surface area (TPSA) is 47.7 Å². The van der Waals surface area contributed by atoms with Crippen molar-refractivity contribution < 1.29 is 13.2 Å². The molecule has 0 saturated carbocycles. The Morgan fingerprint density at radius 1 is 1.22 bits per heavy atom. The molecule has 128 valence electrons. The lowest BCUT2D eigenvalue weighted by molar-refractivity contribution is -0.144. The second-order valence-electron chi connectivity index (χ2n) is 5.46. The molecule has 0 aliphatic carbocycles. The molecule has 0 saturated heterocycles. The minimum Gasteiger partial charge on any atom is -0.304 e. The standard InChI is InChI=1S/C15H22F3N5/c1-5-22-9-13(11(4)20-22)10(3)19-8-12-7-14(15(16,17)18)23(6-2)21-12/h7,9-10,19H,5-6,8H2,1-4H3. The van der Waals surface area contributed by atoms with Gasteiger partial charge in [0.1, 0.15) is 5.69 Å². The molecular weight excluding hydrogens is 307 g/mol. The first kappa shape index (κ1) is 17.5. The van der Waals surface area contributed by atoms with E-state index in [1.54, 1.807) is 6.92 Å². The Labute approximate surface area is 133 Å². The summed E-state index contributed by atoms with van der Waals surface area (Å²) in [5.74, 6) is 0. The number of alkyl halides is 3. The summed E-state index contributed by atoms with van der Waals surface area (Å²) in [6, 6.07) is 1.09. The zero-order valence-electron chi connectivity index (χ0n) is 13.8. The van der Waals surface area contributed by atoms with Crippen LogP contribution in [0, 0.1) is 6.92 Å². The zero-order chi connectivity index (χ0) is 17.2. The molecule has 0 aromatic carbocycles. The van der Waals surface area contributed by atoms with Crippen molar-refractivity contribution in [1.29, 1.82) is 0 Å². The van der Waals surface area contributed by atoms with Crippen molar-refractivity contribution >= 4 is 0 Å². The van der Waals surface area contributed by atoms with Gasteiger partial charge in [0.15, 0.2) is 0 Å². The van der Waals surface area contributed by atoms with Crippen LogP contribution >= 0.6 is 0 Å². The zero-order valence-corrected chi connectivity index (χ0v) is 13.8. The summed E-state index contributed by atoms with van der Waals surface area (Å²) >= 11 is 0. The Morgan fingerprint density at radius 2 is 1.91 bits per heavy atom. The van der Waals surface area contributed by atoms with Crippen LogP contribution in [-0.2, 0) is 25.8 Å². The quantitative estimate of drug-likeness (QED) is 0.884. The van der Waals surface area contributed by atoms with E-state index >= 15 is 0 Å².